The van der Waals surface area contributed by atoms with Crippen LogP contribution >= 0.6 is 0 Å². The molecule has 3 aliphatic carbocycles. The van der Waals surface area contributed by atoms with Crippen LogP contribution in [0.25, 0.3) is 5.76 Å². The second-order valence-electron chi connectivity index (χ2n) is 12.6. The molecule has 0 bridgehead atoms. The van der Waals surface area contributed by atoms with Crippen molar-refractivity contribution >= 4 is 23.2 Å². The van der Waals surface area contributed by atoms with Crippen LogP contribution in [-0.2, 0) is 19.8 Å². The number of aromatic hydroxyl groups is 1. The lowest BCUT2D eigenvalue weighted by molar-refractivity contribution is -0.133. The summed E-state index contributed by atoms with van der Waals surface area (Å²) in [5, 5.41) is 45.2. The first-order valence-corrected chi connectivity index (χ1v) is 14.4. The summed E-state index contributed by atoms with van der Waals surface area (Å²) in [4.78, 5) is 40.7. The lowest BCUT2D eigenvalue weighted by Gasteiger charge is -2.47. The summed E-state index contributed by atoms with van der Waals surface area (Å²) in [5.41, 5.74) is 5.56. The molecule has 0 spiro atoms. The largest absolute Gasteiger partial charge is 0.511 e. The fourth-order valence-corrected chi connectivity index (χ4v) is 7.60. The highest BCUT2D eigenvalue weighted by atomic mass is 16.3. The van der Waals surface area contributed by atoms with Crippen LogP contribution < -0.4 is 5.73 Å². The standard InChI is InChI=1S/C31H40N2O7/c1-15-16-8-9-18(31(2,3)10-7-13-33-11-5-4-6-12-33)26(36)21(16)28(38)24-20(15)25(35)17-14-19(34)23(30(32)40)27(37)22(17)29(24)39/h8-9,15,17,20,22,25,35-38H,4-7,10-14H2,1-3H3,(H2,32,40)/t15-,17-,20+,22?,25+/m0/s1. The summed E-state index contributed by atoms with van der Waals surface area (Å²) in [5.74, 6) is -7.49. The predicted octanol–water partition coefficient (Wildman–Crippen LogP) is 3.38. The first-order chi connectivity index (χ1) is 18.9. The van der Waals surface area contributed by atoms with Crippen LogP contribution in [0, 0.1) is 17.8 Å². The zero-order valence-corrected chi connectivity index (χ0v) is 23.4. The second-order valence-corrected chi connectivity index (χ2v) is 12.6. The Kier molecular flexibility index (Phi) is 7.33. The van der Waals surface area contributed by atoms with Crippen LogP contribution in [0.3, 0.4) is 0 Å². The number of fused-ring (bicyclic) bond motifs is 3. The number of benzene rings is 1. The van der Waals surface area contributed by atoms with E-state index in [1.165, 1.54) is 19.3 Å². The Labute approximate surface area is 234 Å². The third kappa shape index (κ3) is 4.43. The Morgan fingerprint density at radius 1 is 1.10 bits per heavy atom. The molecule has 1 aromatic rings. The normalized spacial score (nSPS) is 29.2. The smallest absolute Gasteiger partial charge is 0.255 e. The molecule has 6 N–H and O–H groups in total. The molecule has 5 atom stereocenters. The highest BCUT2D eigenvalue weighted by molar-refractivity contribution is 6.21. The molecular weight excluding hydrogens is 512 g/mol. The third-order valence-corrected chi connectivity index (χ3v) is 9.80. The van der Waals surface area contributed by atoms with Gasteiger partial charge in [0.2, 0.25) is 0 Å². The monoisotopic (exact) mass is 552 g/mol. The third-order valence-electron chi connectivity index (χ3n) is 9.80. The van der Waals surface area contributed by atoms with Gasteiger partial charge in [-0.2, -0.15) is 0 Å². The van der Waals surface area contributed by atoms with Crippen molar-refractivity contribution in [3.8, 4) is 5.75 Å². The van der Waals surface area contributed by atoms with Gasteiger partial charge in [0, 0.05) is 29.4 Å². The zero-order valence-electron chi connectivity index (χ0n) is 23.4. The molecule has 4 aliphatic rings. The van der Waals surface area contributed by atoms with E-state index in [1.54, 1.807) is 0 Å². The van der Waals surface area contributed by atoms with Crippen LogP contribution in [0.15, 0.2) is 29.0 Å². The van der Waals surface area contributed by atoms with Crippen LogP contribution in [0.5, 0.6) is 5.75 Å². The van der Waals surface area contributed by atoms with Gasteiger partial charge in [-0.3, -0.25) is 14.4 Å². The Morgan fingerprint density at radius 3 is 2.42 bits per heavy atom. The number of amides is 1. The first-order valence-electron chi connectivity index (χ1n) is 14.4. The zero-order chi connectivity index (χ0) is 29.1. The molecule has 1 saturated heterocycles. The van der Waals surface area contributed by atoms with Gasteiger partial charge in [-0.05, 0) is 62.2 Å². The maximum absolute atomic E-state index is 13.8. The van der Waals surface area contributed by atoms with Crippen molar-refractivity contribution in [3.05, 3.63) is 45.7 Å². The van der Waals surface area contributed by atoms with Gasteiger partial charge in [-0.1, -0.05) is 39.3 Å². The lowest BCUT2D eigenvalue weighted by Crippen LogP contribution is -2.52. The van der Waals surface area contributed by atoms with Gasteiger partial charge in [0.25, 0.3) is 5.91 Å². The quantitative estimate of drug-likeness (QED) is 0.336. The van der Waals surface area contributed by atoms with E-state index in [4.69, 9.17) is 5.73 Å². The number of carbonyl (C=O) groups excluding carboxylic acids is 3. The number of Topliss-reactive ketones (excluding diaryl/α,β-unsaturated/α-hetero) is 2. The highest BCUT2D eigenvalue weighted by Crippen LogP contribution is 2.55. The number of carbonyl (C=O) groups is 3. The fraction of sp³-hybridized carbons (Fsp3) is 0.581. The molecule has 1 aromatic carbocycles. The van der Waals surface area contributed by atoms with Gasteiger partial charge in [-0.15, -0.1) is 0 Å². The van der Waals surface area contributed by atoms with Gasteiger partial charge in [0.1, 0.15) is 22.8 Å². The predicted molar refractivity (Wildman–Crippen MR) is 149 cm³/mol. The molecule has 216 valence electrons. The minimum Gasteiger partial charge on any atom is -0.511 e. The summed E-state index contributed by atoms with van der Waals surface area (Å²) in [6.07, 6.45) is 3.93. The van der Waals surface area contributed by atoms with Crippen LogP contribution in [-0.4, -0.2) is 68.5 Å². The van der Waals surface area contributed by atoms with Crippen molar-refractivity contribution in [2.24, 2.45) is 23.5 Å². The van der Waals surface area contributed by atoms with E-state index in [0.717, 1.165) is 32.5 Å². The Morgan fingerprint density at radius 2 is 1.77 bits per heavy atom. The number of phenols is 1. The first kappa shape index (κ1) is 28.4. The van der Waals surface area contributed by atoms with E-state index in [-0.39, 0.29) is 23.3 Å². The van der Waals surface area contributed by atoms with Gasteiger partial charge < -0.3 is 31.1 Å². The number of hydrogen-bond donors (Lipinski definition) is 5. The number of aliphatic hydroxyl groups excluding tert-OH is 3. The number of allylic oxidation sites excluding steroid dienone is 1. The number of ketones is 2. The minimum atomic E-state index is -1.38. The van der Waals surface area contributed by atoms with Gasteiger partial charge in [0.15, 0.2) is 11.6 Å². The van der Waals surface area contributed by atoms with E-state index in [1.807, 2.05) is 19.1 Å². The molecule has 1 aliphatic heterocycles. The van der Waals surface area contributed by atoms with Gasteiger partial charge >= 0.3 is 0 Å². The van der Waals surface area contributed by atoms with E-state index < -0.39 is 69.8 Å². The highest BCUT2D eigenvalue weighted by Gasteiger charge is 2.56. The van der Waals surface area contributed by atoms with Crippen LogP contribution in [0.1, 0.15) is 81.9 Å². The topological polar surface area (TPSA) is 161 Å². The number of likely N-dealkylation sites (tertiary alicyclic amines) is 1. The number of aliphatic hydroxyl groups is 3. The van der Waals surface area contributed by atoms with Crippen molar-refractivity contribution in [3.63, 3.8) is 0 Å². The molecule has 1 amide bonds. The summed E-state index contributed by atoms with van der Waals surface area (Å²) < 4.78 is 0. The van der Waals surface area contributed by atoms with Crippen molar-refractivity contribution in [1.82, 2.24) is 4.90 Å². The number of primary amides is 1. The van der Waals surface area contributed by atoms with Crippen molar-refractivity contribution in [2.75, 3.05) is 19.6 Å². The molecule has 9 nitrogen and oxygen atoms in total. The molecule has 0 aromatic heterocycles. The average molecular weight is 553 g/mol. The van der Waals surface area contributed by atoms with E-state index in [9.17, 15) is 34.8 Å². The summed E-state index contributed by atoms with van der Waals surface area (Å²) in [6.45, 7) is 9.14. The molecular formula is C31H40N2O7. The molecule has 5 rings (SSSR count). The number of nitrogens with zero attached hydrogens (tertiary/aromatic N) is 1. The van der Waals surface area contributed by atoms with Gasteiger partial charge in [0.05, 0.1) is 17.6 Å². The molecule has 1 saturated carbocycles. The summed E-state index contributed by atoms with van der Waals surface area (Å²) in [6, 6.07) is 3.70. The maximum Gasteiger partial charge on any atom is 0.255 e. The van der Waals surface area contributed by atoms with Crippen LogP contribution in [0.2, 0.25) is 0 Å². The maximum atomic E-state index is 13.8. The number of hydrogen-bond acceptors (Lipinski definition) is 8. The fourth-order valence-electron chi connectivity index (χ4n) is 7.60. The Bertz CT molecular complexity index is 1320. The average Bonchev–Trinajstić information content (AvgIpc) is 2.89. The number of rotatable bonds is 6. The van der Waals surface area contributed by atoms with Crippen molar-refractivity contribution in [2.45, 2.75) is 76.7 Å². The number of piperidine rings is 1. The van der Waals surface area contributed by atoms with Gasteiger partial charge in [-0.25, -0.2) is 0 Å². The Balaban J connectivity index is 1.52. The SMILES string of the molecule is C[C@H]1c2ccc(C(C)(C)CCCN3CCCCC3)c(O)c2C(O)=C2C(=O)C3C(O)=C(C(N)=O)C(=O)C[C@@H]3[C@@H](O)[C@@H]21. The van der Waals surface area contributed by atoms with Crippen molar-refractivity contribution < 1.29 is 34.8 Å². The lowest BCUT2D eigenvalue weighted by atomic mass is 9.57. The molecule has 1 heterocycles. The van der Waals surface area contributed by atoms with Crippen molar-refractivity contribution in [1.29, 1.82) is 0 Å². The minimum absolute atomic E-state index is 0.100. The molecule has 2 fully saturated rings. The summed E-state index contributed by atoms with van der Waals surface area (Å²) in [7, 11) is 0. The molecule has 40 heavy (non-hydrogen) atoms. The van der Waals surface area contributed by atoms with E-state index in [2.05, 4.69) is 18.7 Å². The Hall–Kier alpha value is -3.17. The van der Waals surface area contributed by atoms with E-state index in [0.29, 0.717) is 11.1 Å². The summed E-state index contributed by atoms with van der Waals surface area (Å²) >= 11 is 0. The molecule has 1 unspecified atom stereocenters. The number of phenolic OH excluding ortho intramolecular Hbond substituents is 1. The van der Waals surface area contributed by atoms with Crippen LogP contribution in [0.4, 0.5) is 0 Å². The second kappa shape index (κ2) is 10.3. The molecule has 0 radical (unpaired) electrons. The molecule has 9 heteroatoms. The number of nitrogens with two attached hydrogens (primary N) is 1. The van der Waals surface area contributed by atoms with E-state index >= 15 is 0 Å².